The summed E-state index contributed by atoms with van der Waals surface area (Å²) in [5.74, 6) is 4.23. The molecule has 0 aliphatic heterocycles. The second-order valence-corrected chi connectivity index (χ2v) is 10.5. The van der Waals surface area contributed by atoms with E-state index in [1.807, 2.05) is 0 Å². The third kappa shape index (κ3) is 4.10. The number of nitrogens with zero attached hydrogens (tertiary/aromatic N) is 3. The maximum absolute atomic E-state index is 5.60. The Morgan fingerprint density at radius 2 is 1.76 bits per heavy atom. The van der Waals surface area contributed by atoms with E-state index in [0.29, 0.717) is 5.41 Å². The molecule has 0 radical (unpaired) electrons. The van der Waals surface area contributed by atoms with E-state index < -0.39 is 0 Å². The van der Waals surface area contributed by atoms with Crippen LogP contribution in [0, 0.1) is 23.2 Å². The van der Waals surface area contributed by atoms with Crippen molar-refractivity contribution in [1.29, 1.82) is 0 Å². The summed E-state index contributed by atoms with van der Waals surface area (Å²) in [5.41, 5.74) is 0.416. The van der Waals surface area contributed by atoms with Crippen LogP contribution in [0.4, 0.5) is 0 Å². The van der Waals surface area contributed by atoms with Gasteiger partial charge in [-0.3, -0.25) is 4.90 Å². The molecule has 0 spiro atoms. The molecule has 3 rings (SSSR count). The van der Waals surface area contributed by atoms with Gasteiger partial charge in [0.15, 0.2) is 5.82 Å². The molecular formula is C21H37N3O. The molecule has 0 N–H and O–H groups in total. The normalized spacial score (nSPS) is 34.3. The summed E-state index contributed by atoms with van der Waals surface area (Å²) < 4.78 is 5.60. The summed E-state index contributed by atoms with van der Waals surface area (Å²) in [4.78, 5) is 7.14. The lowest BCUT2D eigenvalue weighted by Gasteiger charge is -2.51. The van der Waals surface area contributed by atoms with Crippen molar-refractivity contribution in [2.24, 2.45) is 23.2 Å². The van der Waals surface area contributed by atoms with E-state index in [1.54, 1.807) is 0 Å². The Morgan fingerprint density at radius 3 is 2.28 bits per heavy atom. The molecule has 3 atom stereocenters. The standard InChI is InChI=1S/C21H37N3O/c1-14-8-17-9-15(2)11-21(10-14,12-17)13-24(7)16(3)18-22-19(23-25-18)20(4,5)6/h14-17H,8-13H2,1-7H3. The van der Waals surface area contributed by atoms with Crippen LogP contribution in [-0.4, -0.2) is 28.6 Å². The summed E-state index contributed by atoms with van der Waals surface area (Å²) in [6, 6.07) is 0.172. The fourth-order valence-corrected chi connectivity index (χ4v) is 5.67. The van der Waals surface area contributed by atoms with Crippen LogP contribution in [0.3, 0.4) is 0 Å². The van der Waals surface area contributed by atoms with E-state index in [1.165, 1.54) is 32.1 Å². The van der Waals surface area contributed by atoms with E-state index >= 15 is 0 Å². The highest BCUT2D eigenvalue weighted by Gasteiger charge is 2.45. The average Bonchev–Trinajstić information content (AvgIpc) is 2.93. The van der Waals surface area contributed by atoms with Crippen molar-refractivity contribution in [2.45, 2.75) is 85.1 Å². The Labute approximate surface area is 153 Å². The summed E-state index contributed by atoms with van der Waals surface area (Å²) in [7, 11) is 2.23. The quantitative estimate of drug-likeness (QED) is 0.749. The molecule has 2 aliphatic carbocycles. The van der Waals surface area contributed by atoms with Gasteiger partial charge in [0, 0.05) is 12.0 Å². The summed E-state index contributed by atoms with van der Waals surface area (Å²) in [6.07, 6.45) is 7.04. The summed E-state index contributed by atoms with van der Waals surface area (Å²) in [5, 5.41) is 4.21. The maximum Gasteiger partial charge on any atom is 0.243 e. The van der Waals surface area contributed by atoms with Crippen molar-refractivity contribution in [1.82, 2.24) is 15.0 Å². The fourth-order valence-electron chi connectivity index (χ4n) is 5.67. The van der Waals surface area contributed by atoms with Crippen LogP contribution < -0.4 is 0 Å². The van der Waals surface area contributed by atoms with Crippen molar-refractivity contribution < 1.29 is 4.52 Å². The predicted octanol–water partition coefficient (Wildman–Crippen LogP) is 5.21. The largest absolute Gasteiger partial charge is 0.338 e. The predicted molar refractivity (Wildman–Crippen MR) is 101 cm³/mol. The maximum atomic E-state index is 5.60. The molecular weight excluding hydrogens is 310 g/mol. The van der Waals surface area contributed by atoms with Crippen molar-refractivity contribution in [3.8, 4) is 0 Å². The van der Waals surface area contributed by atoms with Gasteiger partial charge in [0.25, 0.3) is 0 Å². The second kappa shape index (κ2) is 6.68. The van der Waals surface area contributed by atoms with Crippen molar-refractivity contribution in [2.75, 3.05) is 13.6 Å². The van der Waals surface area contributed by atoms with E-state index in [9.17, 15) is 0 Å². The molecule has 2 aliphatic rings. The van der Waals surface area contributed by atoms with Crippen LogP contribution in [0.5, 0.6) is 0 Å². The minimum absolute atomic E-state index is 0.0659. The van der Waals surface area contributed by atoms with E-state index in [4.69, 9.17) is 4.52 Å². The zero-order valence-electron chi connectivity index (χ0n) is 17.3. The van der Waals surface area contributed by atoms with Crippen LogP contribution >= 0.6 is 0 Å². The van der Waals surface area contributed by atoms with Gasteiger partial charge >= 0.3 is 0 Å². The first-order valence-electron chi connectivity index (χ1n) is 10.1. The Balaban J connectivity index is 1.72. The fraction of sp³-hybridized carbons (Fsp3) is 0.905. The van der Waals surface area contributed by atoms with Gasteiger partial charge < -0.3 is 4.52 Å². The van der Waals surface area contributed by atoms with Crippen molar-refractivity contribution in [3.05, 3.63) is 11.7 Å². The Kier molecular flexibility index (Phi) is 5.04. The molecule has 2 bridgehead atoms. The third-order valence-corrected chi connectivity index (χ3v) is 6.47. The van der Waals surface area contributed by atoms with E-state index in [0.717, 1.165) is 36.0 Å². The summed E-state index contributed by atoms with van der Waals surface area (Å²) >= 11 is 0. The van der Waals surface area contributed by atoms with Gasteiger partial charge in [0.2, 0.25) is 5.89 Å². The topological polar surface area (TPSA) is 42.2 Å². The minimum atomic E-state index is -0.0659. The Bertz CT molecular complexity index is 569. The van der Waals surface area contributed by atoms with Crippen molar-refractivity contribution in [3.63, 3.8) is 0 Å². The second-order valence-electron chi connectivity index (χ2n) is 10.5. The molecule has 1 aromatic heterocycles. The van der Waals surface area contributed by atoms with Crippen LogP contribution in [0.1, 0.15) is 91.4 Å². The van der Waals surface area contributed by atoms with Crippen molar-refractivity contribution >= 4 is 0 Å². The molecule has 25 heavy (non-hydrogen) atoms. The smallest absolute Gasteiger partial charge is 0.243 e. The molecule has 2 saturated carbocycles. The first kappa shape index (κ1) is 18.9. The number of rotatable bonds is 4. The first-order chi connectivity index (χ1) is 11.6. The highest BCUT2D eigenvalue weighted by atomic mass is 16.5. The molecule has 2 fully saturated rings. The van der Waals surface area contributed by atoms with Gasteiger partial charge in [-0.1, -0.05) is 39.8 Å². The first-order valence-corrected chi connectivity index (χ1v) is 10.1. The van der Waals surface area contributed by atoms with E-state index in [-0.39, 0.29) is 11.5 Å². The lowest BCUT2D eigenvalue weighted by atomic mass is 9.56. The highest BCUT2D eigenvalue weighted by Crippen LogP contribution is 2.53. The van der Waals surface area contributed by atoms with Gasteiger partial charge in [-0.25, -0.2) is 0 Å². The molecule has 4 nitrogen and oxygen atoms in total. The molecule has 0 amide bonds. The molecule has 1 heterocycles. The molecule has 1 aromatic rings. The molecule has 0 aromatic carbocycles. The van der Waals surface area contributed by atoms with Crippen LogP contribution in [0.25, 0.3) is 0 Å². The monoisotopic (exact) mass is 347 g/mol. The van der Waals surface area contributed by atoms with Gasteiger partial charge in [-0.15, -0.1) is 0 Å². The van der Waals surface area contributed by atoms with E-state index in [2.05, 4.69) is 63.6 Å². The van der Waals surface area contributed by atoms with Gasteiger partial charge in [-0.05, 0) is 69.2 Å². The number of fused-ring (bicyclic) bond motifs is 2. The average molecular weight is 348 g/mol. The SMILES string of the molecule is CC1CC2CC(C)CC(CN(C)C(C)c3nc(C(C)(C)C)no3)(C1)C2. The zero-order valence-corrected chi connectivity index (χ0v) is 17.3. The number of hydrogen-bond donors (Lipinski definition) is 0. The zero-order chi connectivity index (χ0) is 18.4. The third-order valence-electron chi connectivity index (χ3n) is 6.47. The van der Waals surface area contributed by atoms with Gasteiger partial charge in [0.05, 0.1) is 6.04 Å². The lowest BCUT2D eigenvalue weighted by Crippen LogP contribution is -2.46. The number of hydrogen-bond acceptors (Lipinski definition) is 4. The Morgan fingerprint density at radius 1 is 1.16 bits per heavy atom. The summed E-state index contributed by atoms with van der Waals surface area (Å²) in [6.45, 7) is 14.6. The van der Waals surface area contributed by atoms with Crippen LogP contribution in [-0.2, 0) is 5.41 Å². The highest BCUT2D eigenvalue weighted by molar-refractivity contribution is 5.03. The Hall–Kier alpha value is -0.900. The number of aromatic nitrogens is 2. The van der Waals surface area contributed by atoms with Gasteiger partial charge in [0.1, 0.15) is 0 Å². The molecule has 4 heteroatoms. The molecule has 0 saturated heterocycles. The van der Waals surface area contributed by atoms with Crippen LogP contribution in [0.2, 0.25) is 0 Å². The van der Waals surface area contributed by atoms with Crippen LogP contribution in [0.15, 0.2) is 4.52 Å². The molecule has 3 unspecified atom stereocenters. The van der Waals surface area contributed by atoms with Gasteiger partial charge in [-0.2, -0.15) is 4.98 Å². The molecule has 142 valence electrons. The minimum Gasteiger partial charge on any atom is -0.338 e. The lowest BCUT2D eigenvalue weighted by molar-refractivity contribution is -0.0139.